The molecule has 0 radical (unpaired) electrons. The van der Waals surface area contributed by atoms with E-state index in [-0.39, 0.29) is 11.7 Å². The number of carbonyl (C=O) groups excluding carboxylic acids is 1. The average Bonchev–Trinajstić information content (AvgIpc) is 3.11. The number of nitrogens with zero attached hydrogens (tertiary/aromatic N) is 3. The second-order valence-corrected chi connectivity index (χ2v) is 7.62. The number of aryl methyl sites for hydroxylation is 2. The molecule has 6 nitrogen and oxygen atoms in total. The van der Waals surface area contributed by atoms with Gasteiger partial charge in [0.15, 0.2) is 0 Å². The van der Waals surface area contributed by atoms with Gasteiger partial charge in [-0.05, 0) is 50.4 Å². The first kappa shape index (κ1) is 16.4. The molecule has 1 spiro atoms. The highest BCUT2D eigenvalue weighted by Crippen LogP contribution is 2.31. The number of aromatic amines is 1. The van der Waals surface area contributed by atoms with Crippen LogP contribution in [0.15, 0.2) is 12.1 Å². The third-order valence-electron chi connectivity index (χ3n) is 5.65. The number of hydrogen-bond donors (Lipinski definition) is 1. The summed E-state index contributed by atoms with van der Waals surface area (Å²) in [4.78, 5) is 24.1. The van der Waals surface area contributed by atoms with Gasteiger partial charge in [0, 0.05) is 26.6 Å². The Morgan fingerprint density at radius 2 is 2.16 bits per heavy atom. The number of carbonyl (C=O) groups is 1. The van der Waals surface area contributed by atoms with Gasteiger partial charge in [-0.15, -0.1) is 0 Å². The fourth-order valence-electron chi connectivity index (χ4n) is 4.13. The maximum absolute atomic E-state index is 11.8. The number of H-pyrrole nitrogens is 1. The van der Waals surface area contributed by atoms with E-state index in [1.54, 1.807) is 4.90 Å². The molecule has 2 aromatic rings. The van der Waals surface area contributed by atoms with Crippen molar-refractivity contribution in [3.8, 4) is 0 Å². The fraction of sp³-hybridized carbons (Fsp3) is 0.579. The van der Waals surface area contributed by atoms with Crippen LogP contribution in [-0.4, -0.2) is 64.7 Å². The molecular weight excluding hydrogens is 316 g/mol. The van der Waals surface area contributed by atoms with Crippen LogP contribution >= 0.6 is 0 Å². The molecule has 3 heterocycles. The molecule has 2 aliphatic heterocycles. The summed E-state index contributed by atoms with van der Waals surface area (Å²) in [5, 5.41) is 0. The maximum Gasteiger partial charge on any atom is 0.410 e. The summed E-state index contributed by atoms with van der Waals surface area (Å²) in [5.41, 5.74) is 4.40. The lowest BCUT2D eigenvalue weighted by Gasteiger charge is -2.38. The smallest absolute Gasteiger partial charge is 0.410 e. The van der Waals surface area contributed by atoms with Crippen molar-refractivity contribution < 1.29 is 9.53 Å². The molecule has 2 fully saturated rings. The van der Waals surface area contributed by atoms with Crippen LogP contribution in [0.1, 0.15) is 29.8 Å². The van der Waals surface area contributed by atoms with Gasteiger partial charge >= 0.3 is 6.09 Å². The Hall–Kier alpha value is -2.08. The molecular formula is C19H26N4O2. The minimum Gasteiger partial charge on any atom is -0.440 e. The number of likely N-dealkylation sites (tertiary alicyclic amines) is 1. The number of aromatic nitrogens is 2. The molecule has 1 aromatic heterocycles. The molecule has 2 aliphatic rings. The van der Waals surface area contributed by atoms with Crippen molar-refractivity contribution >= 4 is 17.1 Å². The number of imidazole rings is 1. The number of rotatable bonds is 3. The number of amides is 1. The van der Waals surface area contributed by atoms with Gasteiger partial charge in [0.05, 0.1) is 17.6 Å². The van der Waals surface area contributed by atoms with Gasteiger partial charge in [0.1, 0.15) is 11.4 Å². The summed E-state index contributed by atoms with van der Waals surface area (Å²) in [6.07, 6.45) is 2.72. The fourth-order valence-corrected chi connectivity index (χ4v) is 4.13. The zero-order chi connectivity index (χ0) is 17.6. The monoisotopic (exact) mass is 342 g/mol. The number of fused-ring (bicyclic) bond motifs is 1. The summed E-state index contributed by atoms with van der Waals surface area (Å²) < 4.78 is 5.68. The highest BCUT2D eigenvalue weighted by Gasteiger charge is 2.46. The Bertz CT molecular complexity index is 815. The number of ether oxygens (including phenoxy) is 1. The maximum atomic E-state index is 11.8. The molecule has 25 heavy (non-hydrogen) atoms. The Morgan fingerprint density at radius 3 is 2.92 bits per heavy atom. The van der Waals surface area contributed by atoms with Gasteiger partial charge in [-0.25, -0.2) is 9.78 Å². The third kappa shape index (κ3) is 2.99. The molecule has 1 amide bonds. The normalized spacial score (nSPS) is 24.4. The number of piperidine rings is 1. The zero-order valence-corrected chi connectivity index (χ0v) is 15.3. The Morgan fingerprint density at radius 1 is 1.32 bits per heavy atom. The van der Waals surface area contributed by atoms with Crippen molar-refractivity contribution in [3.05, 3.63) is 29.1 Å². The molecule has 1 aromatic carbocycles. The lowest BCUT2D eigenvalue weighted by atomic mass is 9.92. The Kier molecular flexibility index (Phi) is 3.95. The summed E-state index contributed by atoms with van der Waals surface area (Å²) in [6, 6.07) is 4.25. The van der Waals surface area contributed by atoms with Gasteiger partial charge in [0.2, 0.25) is 0 Å². The molecule has 1 atom stereocenters. The van der Waals surface area contributed by atoms with E-state index in [0.29, 0.717) is 6.54 Å². The number of likely N-dealkylation sites (N-methyl/N-ethyl adjacent to an activating group) is 1. The van der Waals surface area contributed by atoms with Crippen molar-refractivity contribution in [2.24, 2.45) is 0 Å². The van der Waals surface area contributed by atoms with Crippen LogP contribution in [0.5, 0.6) is 0 Å². The third-order valence-corrected chi connectivity index (χ3v) is 5.65. The average molecular weight is 342 g/mol. The highest BCUT2D eigenvalue weighted by molar-refractivity contribution is 5.79. The predicted molar refractivity (Wildman–Crippen MR) is 96.8 cm³/mol. The van der Waals surface area contributed by atoms with Crippen molar-refractivity contribution in [1.82, 2.24) is 19.8 Å². The number of benzene rings is 1. The van der Waals surface area contributed by atoms with E-state index in [2.05, 4.69) is 35.9 Å². The second kappa shape index (κ2) is 6.02. The molecule has 6 heteroatoms. The van der Waals surface area contributed by atoms with Gasteiger partial charge in [-0.1, -0.05) is 6.07 Å². The van der Waals surface area contributed by atoms with E-state index in [0.717, 1.165) is 55.8 Å². The predicted octanol–water partition coefficient (Wildman–Crippen LogP) is 2.64. The van der Waals surface area contributed by atoms with E-state index in [9.17, 15) is 4.79 Å². The molecule has 0 aliphatic carbocycles. The molecule has 0 saturated carbocycles. The molecule has 134 valence electrons. The minimum atomic E-state index is -0.314. The molecule has 2 saturated heterocycles. The van der Waals surface area contributed by atoms with Crippen LogP contribution in [0.25, 0.3) is 11.0 Å². The highest BCUT2D eigenvalue weighted by atomic mass is 16.6. The van der Waals surface area contributed by atoms with E-state index >= 15 is 0 Å². The second-order valence-electron chi connectivity index (χ2n) is 7.62. The van der Waals surface area contributed by atoms with Crippen molar-refractivity contribution in [2.75, 3.05) is 33.2 Å². The SMILES string of the molecule is Cc1ccc2[nH]c(CCN3CCCC4(C3)CN(C)C(=O)O4)nc2c1C. The lowest BCUT2D eigenvalue weighted by molar-refractivity contribution is -0.00846. The van der Waals surface area contributed by atoms with Crippen LogP contribution < -0.4 is 0 Å². The number of hydrogen-bond acceptors (Lipinski definition) is 4. The molecule has 1 unspecified atom stereocenters. The summed E-state index contributed by atoms with van der Waals surface area (Å²) >= 11 is 0. The first-order valence-electron chi connectivity index (χ1n) is 9.07. The van der Waals surface area contributed by atoms with Crippen molar-refractivity contribution in [2.45, 2.75) is 38.7 Å². The van der Waals surface area contributed by atoms with Crippen LogP contribution in [-0.2, 0) is 11.2 Å². The van der Waals surface area contributed by atoms with Crippen LogP contribution in [0.3, 0.4) is 0 Å². The van der Waals surface area contributed by atoms with Gasteiger partial charge < -0.3 is 14.6 Å². The topological polar surface area (TPSA) is 61.5 Å². The van der Waals surface area contributed by atoms with Gasteiger partial charge in [-0.2, -0.15) is 0 Å². The van der Waals surface area contributed by atoms with E-state index < -0.39 is 0 Å². The minimum absolute atomic E-state index is 0.190. The Balaban J connectivity index is 1.43. The Labute approximate surface area is 148 Å². The van der Waals surface area contributed by atoms with Crippen molar-refractivity contribution in [1.29, 1.82) is 0 Å². The van der Waals surface area contributed by atoms with E-state index in [1.165, 1.54) is 11.1 Å². The largest absolute Gasteiger partial charge is 0.440 e. The standard InChI is InChI=1S/C19H26N4O2/c1-13-5-6-15-17(14(13)2)21-16(20-15)7-10-23-9-4-8-19(12-23)11-22(3)18(24)25-19/h5-6H,4,7-12H2,1-3H3,(H,20,21). The zero-order valence-electron chi connectivity index (χ0n) is 15.3. The first-order chi connectivity index (χ1) is 12.0. The lowest BCUT2D eigenvalue weighted by Crippen LogP contribution is -2.50. The van der Waals surface area contributed by atoms with Gasteiger partial charge in [-0.3, -0.25) is 4.90 Å². The van der Waals surface area contributed by atoms with Crippen LogP contribution in [0.4, 0.5) is 4.79 Å². The quantitative estimate of drug-likeness (QED) is 0.931. The van der Waals surface area contributed by atoms with Gasteiger partial charge in [0.25, 0.3) is 0 Å². The molecule has 1 N–H and O–H groups in total. The molecule has 0 bridgehead atoms. The van der Waals surface area contributed by atoms with Crippen LogP contribution in [0.2, 0.25) is 0 Å². The van der Waals surface area contributed by atoms with Crippen LogP contribution in [0, 0.1) is 13.8 Å². The van der Waals surface area contributed by atoms with E-state index in [1.807, 2.05) is 7.05 Å². The molecule has 4 rings (SSSR count). The first-order valence-corrected chi connectivity index (χ1v) is 9.07. The summed E-state index contributed by atoms with van der Waals surface area (Å²) in [7, 11) is 1.81. The van der Waals surface area contributed by atoms with E-state index in [4.69, 9.17) is 9.72 Å². The van der Waals surface area contributed by atoms with Crippen molar-refractivity contribution in [3.63, 3.8) is 0 Å². The summed E-state index contributed by atoms with van der Waals surface area (Å²) in [6.45, 7) is 7.76. The summed E-state index contributed by atoms with van der Waals surface area (Å²) in [5.74, 6) is 1.03. The number of nitrogens with one attached hydrogen (secondary N) is 1.